The van der Waals surface area contributed by atoms with Gasteiger partial charge in [-0.05, 0) is 35.8 Å². The molecule has 2 atom stereocenters. The van der Waals surface area contributed by atoms with E-state index in [4.69, 9.17) is 0 Å². The van der Waals surface area contributed by atoms with Crippen molar-refractivity contribution < 1.29 is 0 Å². The van der Waals surface area contributed by atoms with Crippen molar-refractivity contribution in [1.82, 2.24) is 0 Å². The Balaban J connectivity index is 0.00000102. The van der Waals surface area contributed by atoms with E-state index in [1.165, 1.54) is 24.0 Å². The van der Waals surface area contributed by atoms with Gasteiger partial charge in [0.2, 0.25) is 0 Å². The van der Waals surface area contributed by atoms with Crippen molar-refractivity contribution in [3.8, 4) is 0 Å². The van der Waals surface area contributed by atoms with Gasteiger partial charge in [0.1, 0.15) is 0 Å². The molecule has 0 radical (unpaired) electrons. The van der Waals surface area contributed by atoms with E-state index in [0.717, 1.165) is 0 Å². The van der Waals surface area contributed by atoms with Gasteiger partial charge in [-0.15, -0.1) is 0 Å². The van der Waals surface area contributed by atoms with E-state index in [1.54, 1.807) is 0 Å². The van der Waals surface area contributed by atoms with E-state index in [-0.39, 0.29) is 0 Å². The molecule has 0 heterocycles. The highest BCUT2D eigenvalue weighted by atomic mass is 14.2. The van der Waals surface area contributed by atoms with E-state index < -0.39 is 0 Å². The van der Waals surface area contributed by atoms with Crippen LogP contribution >= 0.6 is 0 Å². The third-order valence-corrected chi connectivity index (χ3v) is 3.77. The second-order valence-corrected chi connectivity index (χ2v) is 5.06. The predicted octanol–water partition coefficient (Wildman–Crippen LogP) is 7.43. The molecule has 0 heteroatoms. The quantitative estimate of drug-likeness (QED) is 0.538. The van der Waals surface area contributed by atoms with Crippen LogP contribution in [0.2, 0.25) is 0 Å². The van der Waals surface area contributed by atoms with Crippen LogP contribution in [0.25, 0.3) is 0 Å². The van der Waals surface area contributed by atoms with Crippen molar-refractivity contribution in [3.05, 3.63) is 71.8 Å². The maximum atomic E-state index is 2.33. The van der Waals surface area contributed by atoms with Crippen LogP contribution in [-0.4, -0.2) is 0 Å². The molecule has 0 N–H and O–H groups in total. The molecule has 2 unspecified atom stereocenters. The Hall–Kier alpha value is -1.56. The van der Waals surface area contributed by atoms with Gasteiger partial charge in [0.05, 0.1) is 0 Å². The Kier molecular flexibility index (Phi) is 12.2. The highest BCUT2D eigenvalue weighted by molar-refractivity contribution is 5.23. The van der Waals surface area contributed by atoms with Gasteiger partial charge in [-0.25, -0.2) is 0 Å². The summed E-state index contributed by atoms with van der Waals surface area (Å²) in [5.74, 6) is 1.29. The number of hydrogen-bond acceptors (Lipinski definition) is 0. The molecular formula is C22H34. The van der Waals surface area contributed by atoms with Crippen LogP contribution in [0.15, 0.2) is 60.7 Å². The third-order valence-electron chi connectivity index (χ3n) is 3.77. The van der Waals surface area contributed by atoms with Crippen molar-refractivity contribution in [2.24, 2.45) is 0 Å². The third kappa shape index (κ3) is 6.93. The van der Waals surface area contributed by atoms with Crippen LogP contribution in [0.1, 0.15) is 77.3 Å². The van der Waals surface area contributed by atoms with Gasteiger partial charge >= 0.3 is 0 Å². The molecule has 2 aromatic carbocycles. The molecule has 0 fully saturated rings. The average Bonchev–Trinajstić information content (AvgIpc) is 2.64. The zero-order valence-corrected chi connectivity index (χ0v) is 15.3. The summed E-state index contributed by atoms with van der Waals surface area (Å²) in [5.41, 5.74) is 2.93. The molecule has 0 saturated heterocycles. The van der Waals surface area contributed by atoms with Gasteiger partial charge < -0.3 is 0 Å². The second-order valence-electron chi connectivity index (χ2n) is 5.06. The van der Waals surface area contributed by atoms with Crippen molar-refractivity contribution in [2.45, 2.75) is 66.2 Å². The molecule has 0 aliphatic rings. The molecule has 22 heavy (non-hydrogen) atoms. The molecule has 0 spiro atoms. The van der Waals surface area contributed by atoms with Crippen LogP contribution in [0, 0.1) is 0 Å². The summed E-state index contributed by atoms with van der Waals surface area (Å²) < 4.78 is 0. The smallest absolute Gasteiger partial charge is 0.0159 e. The molecule has 0 bridgehead atoms. The minimum Gasteiger partial charge on any atom is -0.0683 e. The standard InChI is InChI=1S/C18H22.2C2H6/c1-3-16(18-12-8-5-9-13-18)14-15(2)17-10-6-4-7-11-17;2*1-2/h4-13,15-16H,3,14H2,1-2H3;2*1-2H3. The molecule has 0 aliphatic heterocycles. The zero-order valence-electron chi connectivity index (χ0n) is 15.3. The Morgan fingerprint density at radius 2 is 1.09 bits per heavy atom. The Bertz CT molecular complexity index is 444. The van der Waals surface area contributed by atoms with E-state index >= 15 is 0 Å². The van der Waals surface area contributed by atoms with Gasteiger partial charge in [0.25, 0.3) is 0 Å². The summed E-state index contributed by atoms with van der Waals surface area (Å²) in [4.78, 5) is 0. The molecular weight excluding hydrogens is 264 g/mol. The molecule has 0 aromatic heterocycles. The summed E-state index contributed by atoms with van der Waals surface area (Å²) in [6.45, 7) is 12.6. The fourth-order valence-electron chi connectivity index (χ4n) is 2.61. The van der Waals surface area contributed by atoms with Crippen molar-refractivity contribution >= 4 is 0 Å². The predicted molar refractivity (Wildman–Crippen MR) is 102 cm³/mol. The van der Waals surface area contributed by atoms with Crippen LogP contribution in [-0.2, 0) is 0 Å². The summed E-state index contributed by atoms with van der Waals surface area (Å²) in [6, 6.07) is 21.7. The first-order valence-corrected chi connectivity index (χ1v) is 8.91. The highest BCUT2D eigenvalue weighted by Gasteiger charge is 2.14. The normalized spacial score (nSPS) is 12.1. The Morgan fingerprint density at radius 1 is 0.682 bits per heavy atom. The lowest BCUT2D eigenvalue weighted by molar-refractivity contribution is 0.544. The van der Waals surface area contributed by atoms with Gasteiger partial charge in [-0.2, -0.15) is 0 Å². The van der Waals surface area contributed by atoms with Crippen LogP contribution in [0.3, 0.4) is 0 Å². The summed E-state index contributed by atoms with van der Waals surface area (Å²) in [6.07, 6.45) is 2.44. The zero-order chi connectivity index (χ0) is 16.8. The molecule has 2 rings (SSSR count). The molecule has 0 aliphatic carbocycles. The van der Waals surface area contributed by atoms with Crippen LogP contribution in [0.5, 0.6) is 0 Å². The highest BCUT2D eigenvalue weighted by Crippen LogP contribution is 2.31. The molecule has 0 saturated carbocycles. The number of benzene rings is 2. The maximum Gasteiger partial charge on any atom is -0.0159 e. The first-order chi connectivity index (χ1) is 10.8. The van der Waals surface area contributed by atoms with Gasteiger partial charge in [-0.1, -0.05) is 102 Å². The van der Waals surface area contributed by atoms with E-state index in [2.05, 4.69) is 74.5 Å². The minimum atomic E-state index is 0.622. The van der Waals surface area contributed by atoms with Gasteiger partial charge in [-0.3, -0.25) is 0 Å². The maximum absolute atomic E-state index is 2.33. The Morgan fingerprint density at radius 3 is 1.50 bits per heavy atom. The van der Waals surface area contributed by atoms with Crippen molar-refractivity contribution in [1.29, 1.82) is 0 Å². The number of hydrogen-bond donors (Lipinski definition) is 0. The monoisotopic (exact) mass is 298 g/mol. The molecule has 0 amide bonds. The SMILES string of the molecule is CC.CC.CCC(CC(C)c1ccccc1)c1ccccc1. The summed E-state index contributed by atoms with van der Waals surface area (Å²) in [7, 11) is 0. The van der Waals surface area contributed by atoms with E-state index in [9.17, 15) is 0 Å². The fourth-order valence-corrected chi connectivity index (χ4v) is 2.61. The minimum absolute atomic E-state index is 0.622. The summed E-state index contributed by atoms with van der Waals surface area (Å²) >= 11 is 0. The van der Waals surface area contributed by atoms with Crippen LogP contribution in [0.4, 0.5) is 0 Å². The Labute approximate surface area is 138 Å². The first-order valence-electron chi connectivity index (χ1n) is 8.91. The van der Waals surface area contributed by atoms with Gasteiger partial charge in [0.15, 0.2) is 0 Å². The van der Waals surface area contributed by atoms with Crippen molar-refractivity contribution in [2.75, 3.05) is 0 Å². The lowest BCUT2D eigenvalue weighted by Gasteiger charge is -2.20. The topological polar surface area (TPSA) is 0 Å². The average molecular weight is 299 g/mol. The lowest BCUT2D eigenvalue weighted by atomic mass is 9.85. The number of rotatable bonds is 5. The largest absolute Gasteiger partial charge is 0.0683 e. The molecule has 122 valence electrons. The van der Waals surface area contributed by atoms with E-state index in [1.807, 2.05) is 27.7 Å². The summed E-state index contributed by atoms with van der Waals surface area (Å²) in [5, 5.41) is 0. The second kappa shape index (κ2) is 13.1. The first kappa shape index (κ1) is 20.4. The van der Waals surface area contributed by atoms with E-state index in [0.29, 0.717) is 11.8 Å². The molecule has 0 nitrogen and oxygen atoms in total. The van der Waals surface area contributed by atoms with Crippen molar-refractivity contribution in [3.63, 3.8) is 0 Å². The van der Waals surface area contributed by atoms with Gasteiger partial charge in [0, 0.05) is 0 Å². The fraction of sp³-hybridized carbons (Fsp3) is 0.455. The molecule has 2 aromatic rings. The lowest BCUT2D eigenvalue weighted by Crippen LogP contribution is -2.03. The van der Waals surface area contributed by atoms with Crippen LogP contribution < -0.4 is 0 Å².